The van der Waals surface area contributed by atoms with Crippen LogP contribution in [0.1, 0.15) is 27.6 Å². The molecule has 1 amide bonds. The number of benzene rings is 2. The Morgan fingerprint density at radius 3 is 2.41 bits per heavy atom. The average molecular weight is 435 g/mol. The third kappa shape index (κ3) is 4.46. The lowest BCUT2D eigenvalue weighted by Crippen LogP contribution is -2.13. The van der Waals surface area contributed by atoms with Crippen LogP contribution in [0, 0.1) is 32.4 Å². The highest BCUT2D eigenvalue weighted by Crippen LogP contribution is 2.24. The van der Waals surface area contributed by atoms with Gasteiger partial charge in [-0.05, 0) is 57.2 Å². The number of imidazole rings is 1. The minimum absolute atomic E-state index is 0.249. The Kier molecular flexibility index (Phi) is 5.63. The van der Waals surface area contributed by atoms with Crippen LogP contribution in [0.5, 0.6) is 11.6 Å². The molecule has 0 bridgehead atoms. The van der Waals surface area contributed by atoms with E-state index in [1.165, 1.54) is 0 Å². The van der Waals surface area contributed by atoms with Crippen LogP contribution in [0.4, 0.5) is 14.5 Å². The molecule has 32 heavy (non-hydrogen) atoms. The molecule has 0 atom stereocenters. The summed E-state index contributed by atoms with van der Waals surface area (Å²) in [6.07, 6.45) is 1.69. The summed E-state index contributed by atoms with van der Waals surface area (Å²) in [6.45, 7) is 5.63. The first-order chi connectivity index (χ1) is 15.3. The molecule has 0 radical (unpaired) electrons. The number of hydrogen-bond acceptors (Lipinski definition) is 5. The zero-order valence-electron chi connectivity index (χ0n) is 17.6. The van der Waals surface area contributed by atoms with Gasteiger partial charge in [0.25, 0.3) is 5.91 Å². The molecule has 4 rings (SSSR count). The van der Waals surface area contributed by atoms with Crippen molar-refractivity contribution < 1.29 is 18.3 Å². The fourth-order valence-corrected chi connectivity index (χ4v) is 3.03. The summed E-state index contributed by atoms with van der Waals surface area (Å²) in [6, 6.07) is 11.0. The van der Waals surface area contributed by atoms with E-state index >= 15 is 0 Å². The van der Waals surface area contributed by atoms with Crippen LogP contribution in [-0.4, -0.2) is 25.4 Å². The highest BCUT2D eigenvalue weighted by Gasteiger charge is 2.13. The number of rotatable bonds is 5. The van der Waals surface area contributed by atoms with Crippen LogP contribution in [0.15, 0.2) is 54.9 Å². The Labute approximate surface area is 182 Å². The van der Waals surface area contributed by atoms with E-state index in [4.69, 9.17) is 4.74 Å². The summed E-state index contributed by atoms with van der Waals surface area (Å²) in [5.74, 6) is -0.354. The summed E-state index contributed by atoms with van der Waals surface area (Å²) in [5.41, 5.74) is 2.05. The van der Waals surface area contributed by atoms with Crippen molar-refractivity contribution in [2.45, 2.75) is 20.8 Å². The van der Waals surface area contributed by atoms with Crippen molar-refractivity contribution in [2.75, 3.05) is 5.32 Å². The molecule has 7 nitrogen and oxygen atoms in total. The Morgan fingerprint density at radius 1 is 1.00 bits per heavy atom. The zero-order valence-corrected chi connectivity index (χ0v) is 17.6. The van der Waals surface area contributed by atoms with E-state index in [0.717, 1.165) is 23.5 Å². The lowest BCUT2D eigenvalue weighted by molar-refractivity contribution is 0.102. The minimum atomic E-state index is -0.930. The molecular formula is C23H19F2N5O2. The number of ether oxygens (including phenoxy) is 1. The number of halogens is 2. The molecule has 0 aliphatic carbocycles. The van der Waals surface area contributed by atoms with Crippen molar-refractivity contribution in [1.29, 1.82) is 0 Å². The lowest BCUT2D eigenvalue weighted by atomic mass is 10.2. The average Bonchev–Trinajstić information content (AvgIpc) is 3.07. The molecule has 0 spiro atoms. The molecule has 2 aromatic heterocycles. The van der Waals surface area contributed by atoms with E-state index in [2.05, 4.69) is 20.3 Å². The number of anilines is 1. The van der Waals surface area contributed by atoms with Gasteiger partial charge in [0.2, 0.25) is 5.88 Å². The number of nitrogens with zero attached hydrogens (tertiary/aromatic N) is 4. The van der Waals surface area contributed by atoms with Gasteiger partial charge in [-0.15, -0.1) is 0 Å². The molecule has 0 aliphatic heterocycles. The van der Waals surface area contributed by atoms with Gasteiger partial charge < -0.3 is 10.1 Å². The summed E-state index contributed by atoms with van der Waals surface area (Å²) in [5, 5.41) is 2.57. The molecule has 0 unspecified atom stereocenters. The third-order valence-corrected chi connectivity index (χ3v) is 4.81. The van der Waals surface area contributed by atoms with Gasteiger partial charge in [-0.3, -0.25) is 9.36 Å². The van der Waals surface area contributed by atoms with Gasteiger partial charge in [-0.2, -0.15) is 4.98 Å². The van der Waals surface area contributed by atoms with Crippen LogP contribution in [0.3, 0.4) is 0 Å². The number of aryl methyl sites for hydroxylation is 2. The largest absolute Gasteiger partial charge is 0.439 e. The second-order valence-electron chi connectivity index (χ2n) is 7.10. The summed E-state index contributed by atoms with van der Waals surface area (Å²) < 4.78 is 34.5. The fraction of sp³-hybridized carbons (Fsp3) is 0.130. The maximum absolute atomic E-state index is 13.8. The summed E-state index contributed by atoms with van der Waals surface area (Å²) >= 11 is 0. The molecule has 9 heteroatoms. The van der Waals surface area contributed by atoms with E-state index < -0.39 is 17.5 Å². The third-order valence-electron chi connectivity index (χ3n) is 4.81. The van der Waals surface area contributed by atoms with Crippen LogP contribution in [0.25, 0.3) is 5.82 Å². The molecule has 2 heterocycles. The molecule has 0 fully saturated rings. The standard InChI is InChI=1S/C23H19F2N5O2/c1-13-14(2)30(12-26-13)21-11-22(28-15(3)27-21)32-18-7-5-17(6-8-18)29-23(31)19-9-4-16(24)10-20(19)25/h4-12H,1-3H3,(H,29,31). The van der Waals surface area contributed by atoms with Gasteiger partial charge in [0.15, 0.2) is 0 Å². The number of carbonyl (C=O) groups excluding carboxylic acids is 1. The number of carbonyl (C=O) groups is 1. The van der Waals surface area contributed by atoms with Gasteiger partial charge in [0.1, 0.15) is 35.4 Å². The van der Waals surface area contributed by atoms with Gasteiger partial charge >= 0.3 is 0 Å². The van der Waals surface area contributed by atoms with E-state index in [-0.39, 0.29) is 5.56 Å². The van der Waals surface area contributed by atoms with Crippen molar-refractivity contribution in [2.24, 2.45) is 0 Å². The van der Waals surface area contributed by atoms with Crippen molar-refractivity contribution in [1.82, 2.24) is 19.5 Å². The Hall–Kier alpha value is -4.14. The van der Waals surface area contributed by atoms with Gasteiger partial charge in [0.05, 0.1) is 11.3 Å². The predicted octanol–water partition coefficient (Wildman–Crippen LogP) is 4.91. The van der Waals surface area contributed by atoms with Crippen LogP contribution < -0.4 is 10.1 Å². The van der Waals surface area contributed by atoms with Gasteiger partial charge in [-0.1, -0.05) is 0 Å². The molecule has 162 valence electrons. The highest BCUT2D eigenvalue weighted by molar-refractivity contribution is 6.04. The predicted molar refractivity (Wildman–Crippen MR) is 114 cm³/mol. The molecule has 0 saturated carbocycles. The second-order valence-corrected chi connectivity index (χ2v) is 7.10. The van der Waals surface area contributed by atoms with E-state index in [1.807, 2.05) is 18.4 Å². The molecule has 1 N–H and O–H groups in total. The normalized spacial score (nSPS) is 10.8. The Morgan fingerprint density at radius 2 is 1.75 bits per heavy atom. The number of amides is 1. The van der Waals surface area contributed by atoms with Crippen molar-refractivity contribution >= 4 is 11.6 Å². The van der Waals surface area contributed by atoms with Gasteiger partial charge in [-0.25, -0.2) is 18.7 Å². The van der Waals surface area contributed by atoms with Crippen LogP contribution in [0.2, 0.25) is 0 Å². The van der Waals surface area contributed by atoms with Crippen LogP contribution in [-0.2, 0) is 0 Å². The Balaban J connectivity index is 1.49. The SMILES string of the molecule is Cc1nc(Oc2ccc(NC(=O)c3ccc(F)cc3F)cc2)cc(-n2cnc(C)c2C)n1. The molecule has 4 aromatic rings. The van der Waals surface area contributed by atoms with Gasteiger partial charge in [0, 0.05) is 23.5 Å². The Bertz CT molecular complexity index is 1300. The fourth-order valence-electron chi connectivity index (χ4n) is 3.03. The molecular weight excluding hydrogens is 416 g/mol. The molecule has 0 aliphatic rings. The first kappa shape index (κ1) is 21.1. The van der Waals surface area contributed by atoms with E-state index in [1.54, 1.807) is 43.6 Å². The first-order valence-corrected chi connectivity index (χ1v) is 9.71. The first-order valence-electron chi connectivity index (χ1n) is 9.71. The van der Waals surface area contributed by atoms with E-state index in [0.29, 0.717) is 35.0 Å². The summed E-state index contributed by atoms with van der Waals surface area (Å²) in [7, 11) is 0. The molecule has 2 aromatic carbocycles. The van der Waals surface area contributed by atoms with Crippen molar-refractivity contribution in [3.63, 3.8) is 0 Å². The smallest absolute Gasteiger partial charge is 0.258 e. The quantitative estimate of drug-likeness (QED) is 0.482. The summed E-state index contributed by atoms with van der Waals surface area (Å²) in [4.78, 5) is 25.3. The second kappa shape index (κ2) is 8.54. The zero-order chi connectivity index (χ0) is 22.8. The van der Waals surface area contributed by atoms with Crippen LogP contribution >= 0.6 is 0 Å². The highest BCUT2D eigenvalue weighted by atomic mass is 19.1. The number of aromatic nitrogens is 4. The topological polar surface area (TPSA) is 81.9 Å². The maximum Gasteiger partial charge on any atom is 0.258 e. The molecule has 0 saturated heterocycles. The van der Waals surface area contributed by atoms with Crippen molar-refractivity contribution in [3.8, 4) is 17.4 Å². The monoisotopic (exact) mass is 435 g/mol. The number of hydrogen-bond donors (Lipinski definition) is 1. The minimum Gasteiger partial charge on any atom is -0.439 e. The van der Waals surface area contributed by atoms with Crippen molar-refractivity contribution in [3.05, 3.63) is 89.3 Å². The van der Waals surface area contributed by atoms with E-state index in [9.17, 15) is 13.6 Å². The number of nitrogens with one attached hydrogen (secondary N) is 1. The maximum atomic E-state index is 13.8. The lowest BCUT2D eigenvalue weighted by Gasteiger charge is -2.10.